The van der Waals surface area contributed by atoms with Crippen LogP contribution in [0.4, 0.5) is 0 Å². The Labute approximate surface area is 209 Å². The monoisotopic (exact) mass is 472 g/mol. The Morgan fingerprint density at radius 1 is 1.09 bits per heavy atom. The van der Waals surface area contributed by atoms with E-state index < -0.39 is 5.97 Å². The van der Waals surface area contributed by atoms with Crippen molar-refractivity contribution in [2.24, 2.45) is 52.3 Å². The van der Waals surface area contributed by atoms with Crippen molar-refractivity contribution in [3.8, 4) is 0 Å². The zero-order chi connectivity index (χ0) is 24.7. The van der Waals surface area contributed by atoms with Gasteiger partial charge < -0.3 is 10.2 Å². The quantitative estimate of drug-likeness (QED) is 0.336. The summed E-state index contributed by atoms with van der Waals surface area (Å²) in [7, 11) is 0. The number of hydrogen-bond donors (Lipinski definition) is 2. The van der Waals surface area contributed by atoms with Crippen LogP contribution in [0.25, 0.3) is 0 Å². The SMILES string of the molecule is CC(C)CCC[C@@H](C)[C@H]1CC[C@H]2[C@@H]3CC=C4C[C@@H](O)CC(CCCC(=O)O)[C@]4(C)[C@H]3CC[C@]12C. The second-order valence-corrected chi connectivity index (χ2v) is 13.7. The summed E-state index contributed by atoms with van der Waals surface area (Å²) in [6.07, 6.45) is 16.8. The van der Waals surface area contributed by atoms with Crippen LogP contribution in [0.5, 0.6) is 0 Å². The predicted octanol–water partition coefficient (Wildman–Crippen LogP) is 7.87. The molecule has 2 N–H and O–H groups in total. The standard InChI is InChI=1S/C31H52O3/c1-20(2)8-6-9-21(3)26-14-15-27-25-13-12-23-19-24(32)18-22(10-7-11-29(33)34)31(23,5)28(25)16-17-30(26,27)4/h12,20-22,24-28,32H,6-11,13-19H2,1-5H3,(H,33,34)/t21-,22?,24+,25+,26-,27+,28+,30-,31+/m1/s1. The van der Waals surface area contributed by atoms with E-state index in [-0.39, 0.29) is 17.9 Å². The van der Waals surface area contributed by atoms with Gasteiger partial charge in [0.05, 0.1) is 6.10 Å². The molecule has 0 heterocycles. The molecule has 3 heteroatoms. The van der Waals surface area contributed by atoms with E-state index in [0.717, 1.165) is 55.3 Å². The van der Waals surface area contributed by atoms with E-state index in [4.69, 9.17) is 0 Å². The van der Waals surface area contributed by atoms with Crippen molar-refractivity contribution < 1.29 is 15.0 Å². The van der Waals surface area contributed by atoms with Crippen LogP contribution in [-0.2, 0) is 4.79 Å². The number of rotatable bonds is 9. The molecule has 3 fully saturated rings. The first-order valence-electron chi connectivity index (χ1n) is 14.7. The van der Waals surface area contributed by atoms with Crippen molar-refractivity contribution in [1.29, 1.82) is 0 Å². The maximum absolute atomic E-state index is 11.2. The number of aliphatic carboxylic acids is 1. The lowest BCUT2D eigenvalue weighted by Crippen LogP contribution is -2.53. The summed E-state index contributed by atoms with van der Waals surface area (Å²) in [6.45, 7) is 12.4. The van der Waals surface area contributed by atoms with Gasteiger partial charge in [-0.05, 0) is 110 Å². The first kappa shape index (κ1) is 26.2. The smallest absolute Gasteiger partial charge is 0.303 e. The summed E-state index contributed by atoms with van der Waals surface area (Å²) in [6, 6.07) is 0. The molecular formula is C31H52O3. The summed E-state index contributed by atoms with van der Waals surface area (Å²) in [5, 5.41) is 19.9. The Balaban J connectivity index is 1.52. The van der Waals surface area contributed by atoms with Crippen LogP contribution >= 0.6 is 0 Å². The van der Waals surface area contributed by atoms with Gasteiger partial charge in [0.15, 0.2) is 0 Å². The second-order valence-electron chi connectivity index (χ2n) is 13.7. The molecule has 0 aromatic rings. The van der Waals surface area contributed by atoms with E-state index in [0.29, 0.717) is 17.3 Å². The van der Waals surface area contributed by atoms with Crippen LogP contribution < -0.4 is 0 Å². The lowest BCUT2D eigenvalue weighted by molar-refractivity contribution is -0.137. The molecule has 0 saturated heterocycles. The number of aliphatic hydroxyl groups excluding tert-OH is 1. The molecule has 194 valence electrons. The van der Waals surface area contributed by atoms with Gasteiger partial charge in [0.25, 0.3) is 0 Å². The van der Waals surface area contributed by atoms with Crippen molar-refractivity contribution in [2.45, 2.75) is 124 Å². The highest BCUT2D eigenvalue weighted by Gasteiger charge is 2.60. The van der Waals surface area contributed by atoms with Crippen molar-refractivity contribution >= 4 is 5.97 Å². The van der Waals surface area contributed by atoms with Crippen LogP contribution in [0, 0.1) is 52.3 Å². The number of fused-ring (bicyclic) bond motifs is 5. The van der Waals surface area contributed by atoms with E-state index in [1.54, 1.807) is 0 Å². The molecule has 1 unspecified atom stereocenters. The molecule has 4 rings (SSSR count). The van der Waals surface area contributed by atoms with Crippen molar-refractivity contribution in [3.63, 3.8) is 0 Å². The Bertz CT molecular complexity index is 756. The van der Waals surface area contributed by atoms with Crippen LogP contribution in [-0.4, -0.2) is 22.3 Å². The summed E-state index contributed by atoms with van der Waals surface area (Å²) < 4.78 is 0. The Hall–Kier alpha value is -0.830. The van der Waals surface area contributed by atoms with Crippen LogP contribution in [0.1, 0.15) is 118 Å². The van der Waals surface area contributed by atoms with Gasteiger partial charge in [0.2, 0.25) is 0 Å². The van der Waals surface area contributed by atoms with Crippen molar-refractivity contribution in [3.05, 3.63) is 11.6 Å². The molecule has 34 heavy (non-hydrogen) atoms. The van der Waals surface area contributed by atoms with E-state index in [9.17, 15) is 15.0 Å². The predicted molar refractivity (Wildman–Crippen MR) is 139 cm³/mol. The number of allylic oxidation sites excluding steroid dienone is 1. The fourth-order valence-electron chi connectivity index (χ4n) is 9.82. The van der Waals surface area contributed by atoms with Gasteiger partial charge >= 0.3 is 5.97 Å². The van der Waals surface area contributed by atoms with Crippen LogP contribution in [0.2, 0.25) is 0 Å². The lowest BCUT2D eigenvalue weighted by Gasteiger charge is -2.60. The molecule has 0 amide bonds. The van der Waals surface area contributed by atoms with Gasteiger partial charge in [-0.25, -0.2) is 0 Å². The third-order valence-electron chi connectivity index (χ3n) is 11.5. The fourth-order valence-corrected chi connectivity index (χ4v) is 9.82. The zero-order valence-electron chi connectivity index (χ0n) is 22.7. The highest BCUT2D eigenvalue weighted by atomic mass is 16.4. The van der Waals surface area contributed by atoms with Gasteiger partial charge in [-0.1, -0.05) is 65.5 Å². The summed E-state index contributed by atoms with van der Waals surface area (Å²) in [4.78, 5) is 11.2. The minimum atomic E-state index is -0.688. The molecule has 4 aliphatic rings. The Morgan fingerprint density at radius 2 is 1.85 bits per heavy atom. The topological polar surface area (TPSA) is 57.5 Å². The average Bonchev–Trinajstić information content (AvgIpc) is 3.11. The molecule has 0 spiro atoms. The van der Waals surface area contributed by atoms with Crippen molar-refractivity contribution in [1.82, 2.24) is 0 Å². The molecule has 0 radical (unpaired) electrons. The number of carbonyl (C=O) groups is 1. The summed E-state index contributed by atoms with van der Waals surface area (Å²) in [5.41, 5.74) is 2.16. The Kier molecular flexibility index (Phi) is 7.92. The third kappa shape index (κ3) is 4.76. The summed E-state index contributed by atoms with van der Waals surface area (Å²) >= 11 is 0. The normalized spacial score (nSPS) is 42.5. The highest BCUT2D eigenvalue weighted by molar-refractivity contribution is 5.66. The average molecular weight is 473 g/mol. The Morgan fingerprint density at radius 3 is 2.56 bits per heavy atom. The first-order chi connectivity index (χ1) is 16.1. The molecule has 0 bridgehead atoms. The zero-order valence-corrected chi connectivity index (χ0v) is 22.7. The molecule has 4 aliphatic carbocycles. The van der Waals surface area contributed by atoms with Gasteiger partial charge in [-0.15, -0.1) is 0 Å². The van der Waals surface area contributed by atoms with Gasteiger partial charge in [0.1, 0.15) is 0 Å². The van der Waals surface area contributed by atoms with Crippen molar-refractivity contribution in [2.75, 3.05) is 0 Å². The minimum absolute atomic E-state index is 0.156. The van der Waals surface area contributed by atoms with E-state index in [2.05, 4.69) is 40.7 Å². The molecule has 0 aromatic heterocycles. The maximum Gasteiger partial charge on any atom is 0.303 e. The summed E-state index contributed by atoms with van der Waals surface area (Å²) in [5.74, 6) is 4.59. The van der Waals surface area contributed by atoms with Crippen LogP contribution in [0.15, 0.2) is 11.6 Å². The molecule has 3 nitrogen and oxygen atoms in total. The van der Waals surface area contributed by atoms with Gasteiger partial charge in [-0.2, -0.15) is 0 Å². The molecule has 0 aliphatic heterocycles. The number of carboxylic acid groups (broad SMARTS) is 1. The molecule has 9 atom stereocenters. The largest absolute Gasteiger partial charge is 0.481 e. The second kappa shape index (κ2) is 10.3. The van der Waals surface area contributed by atoms with E-state index in [1.165, 1.54) is 56.9 Å². The minimum Gasteiger partial charge on any atom is -0.481 e. The molecule has 3 saturated carbocycles. The number of aliphatic hydroxyl groups is 1. The van der Waals surface area contributed by atoms with Crippen LogP contribution in [0.3, 0.4) is 0 Å². The molecule has 0 aromatic carbocycles. The fraction of sp³-hybridized carbons (Fsp3) is 0.903. The highest BCUT2D eigenvalue weighted by Crippen LogP contribution is 2.68. The number of carboxylic acids is 1. The lowest BCUT2D eigenvalue weighted by atomic mass is 9.44. The van der Waals surface area contributed by atoms with E-state index in [1.807, 2.05) is 0 Å². The molecular weight excluding hydrogens is 420 g/mol. The van der Waals surface area contributed by atoms with Gasteiger partial charge in [-0.3, -0.25) is 4.79 Å². The maximum atomic E-state index is 11.2. The van der Waals surface area contributed by atoms with Gasteiger partial charge in [0, 0.05) is 6.42 Å². The first-order valence-corrected chi connectivity index (χ1v) is 14.7. The number of hydrogen-bond acceptors (Lipinski definition) is 2. The third-order valence-corrected chi connectivity index (χ3v) is 11.5. The van der Waals surface area contributed by atoms with E-state index >= 15 is 0 Å².